The summed E-state index contributed by atoms with van der Waals surface area (Å²) in [4.78, 5) is 14.4. The highest BCUT2D eigenvalue weighted by Gasteiger charge is 2.05. The van der Waals surface area contributed by atoms with Gasteiger partial charge in [-0.2, -0.15) is 5.10 Å². The molecule has 0 atom stereocenters. The van der Waals surface area contributed by atoms with Crippen molar-refractivity contribution < 1.29 is 14.6 Å². The third-order valence-electron chi connectivity index (χ3n) is 2.25. The van der Waals surface area contributed by atoms with E-state index in [0.29, 0.717) is 11.5 Å². The van der Waals surface area contributed by atoms with Gasteiger partial charge in [-0.05, 0) is 18.6 Å². The van der Waals surface area contributed by atoms with Gasteiger partial charge in [-0.1, -0.05) is 6.92 Å². The van der Waals surface area contributed by atoms with E-state index in [-0.39, 0.29) is 5.69 Å². The molecule has 0 saturated carbocycles. The molecule has 0 aliphatic rings. The number of carboxylic acid groups (broad SMARTS) is 1. The first-order valence-corrected chi connectivity index (χ1v) is 5.58. The first-order chi connectivity index (χ1) is 8.69. The number of pyridine rings is 1. The molecule has 6 nitrogen and oxygen atoms in total. The summed E-state index contributed by atoms with van der Waals surface area (Å²) in [5.41, 5.74) is -0.0102. The number of carboxylic acids is 1. The number of nitrogens with zero attached hydrogens (tertiary/aromatic N) is 3. The lowest BCUT2D eigenvalue weighted by Crippen LogP contribution is -1.99. The maximum Gasteiger partial charge on any atom is 0.354 e. The van der Waals surface area contributed by atoms with Crippen molar-refractivity contribution in [2.75, 3.05) is 0 Å². The van der Waals surface area contributed by atoms with Gasteiger partial charge in [-0.15, -0.1) is 0 Å². The maximum absolute atomic E-state index is 10.6. The Hall–Kier alpha value is -2.37. The molecule has 0 saturated heterocycles. The molecule has 0 radical (unpaired) electrons. The molecule has 6 heteroatoms. The fourth-order valence-corrected chi connectivity index (χ4v) is 1.45. The van der Waals surface area contributed by atoms with Gasteiger partial charge in [0.2, 0.25) is 0 Å². The molecule has 0 unspecified atom stereocenters. The minimum atomic E-state index is -1.06. The van der Waals surface area contributed by atoms with Crippen LogP contribution >= 0.6 is 0 Å². The van der Waals surface area contributed by atoms with Crippen molar-refractivity contribution in [1.29, 1.82) is 0 Å². The Bertz CT molecular complexity index is 534. The van der Waals surface area contributed by atoms with E-state index in [1.165, 1.54) is 12.3 Å². The number of hydrogen-bond donors (Lipinski definition) is 1. The van der Waals surface area contributed by atoms with Gasteiger partial charge in [0.05, 0.1) is 18.6 Å². The lowest BCUT2D eigenvalue weighted by molar-refractivity contribution is 0.0690. The van der Waals surface area contributed by atoms with Gasteiger partial charge in [0.25, 0.3) is 0 Å². The molecule has 2 heterocycles. The quantitative estimate of drug-likeness (QED) is 0.876. The SMILES string of the molecule is CCCn1cc(Oc2ccc(C(=O)O)nc2)cn1. The molecule has 1 N–H and O–H groups in total. The van der Waals surface area contributed by atoms with E-state index in [0.717, 1.165) is 13.0 Å². The number of aromatic carboxylic acids is 1. The summed E-state index contributed by atoms with van der Waals surface area (Å²) in [5.74, 6) is 0.0293. The first-order valence-electron chi connectivity index (χ1n) is 5.58. The Morgan fingerprint density at radius 3 is 2.83 bits per heavy atom. The number of carbonyl (C=O) groups is 1. The second-order valence-electron chi connectivity index (χ2n) is 3.73. The number of aryl methyl sites for hydroxylation is 1. The second kappa shape index (κ2) is 5.31. The fraction of sp³-hybridized carbons (Fsp3) is 0.250. The van der Waals surface area contributed by atoms with E-state index in [1.54, 1.807) is 23.1 Å². The maximum atomic E-state index is 10.6. The third-order valence-corrected chi connectivity index (χ3v) is 2.25. The summed E-state index contributed by atoms with van der Waals surface area (Å²) >= 11 is 0. The van der Waals surface area contributed by atoms with Crippen LogP contribution in [0.5, 0.6) is 11.5 Å². The summed E-state index contributed by atoms with van der Waals surface area (Å²) in [7, 11) is 0. The number of ether oxygens (including phenoxy) is 1. The third kappa shape index (κ3) is 2.85. The molecule has 0 aliphatic heterocycles. The Kier molecular flexibility index (Phi) is 3.57. The van der Waals surface area contributed by atoms with Gasteiger partial charge in [-0.25, -0.2) is 9.78 Å². The number of hydrogen-bond acceptors (Lipinski definition) is 4. The van der Waals surface area contributed by atoms with Crippen LogP contribution in [-0.4, -0.2) is 25.8 Å². The van der Waals surface area contributed by atoms with Gasteiger partial charge in [0.1, 0.15) is 11.4 Å². The molecule has 0 amide bonds. The van der Waals surface area contributed by atoms with Crippen LogP contribution in [0.25, 0.3) is 0 Å². The molecule has 0 bridgehead atoms. The predicted octanol–water partition coefficient (Wildman–Crippen LogP) is 2.18. The van der Waals surface area contributed by atoms with Crippen LogP contribution in [0.15, 0.2) is 30.7 Å². The predicted molar refractivity (Wildman–Crippen MR) is 63.8 cm³/mol. The molecular formula is C12H13N3O3. The van der Waals surface area contributed by atoms with E-state index in [9.17, 15) is 4.79 Å². The Morgan fingerprint density at radius 2 is 2.22 bits per heavy atom. The molecule has 2 aromatic heterocycles. The lowest BCUT2D eigenvalue weighted by Gasteiger charge is -2.02. The first kappa shape index (κ1) is 12.1. The Labute approximate surface area is 104 Å². The minimum Gasteiger partial charge on any atom is -0.477 e. The van der Waals surface area contributed by atoms with E-state index < -0.39 is 5.97 Å². The Morgan fingerprint density at radius 1 is 1.39 bits per heavy atom. The van der Waals surface area contributed by atoms with Crippen molar-refractivity contribution in [1.82, 2.24) is 14.8 Å². The topological polar surface area (TPSA) is 77.2 Å². The smallest absolute Gasteiger partial charge is 0.354 e. The largest absolute Gasteiger partial charge is 0.477 e. The van der Waals surface area contributed by atoms with E-state index in [4.69, 9.17) is 9.84 Å². The van der Waals surface area contributed by atoms with Crippen molar-refractivity contribution in [3.8, 4) is 11.5 Å². The zero-order chi connectivity index (χ0) is 13.0. The van der Waals surface area contributed by atoms with Crippen LogP contribution in [0.4, 0.5) is 0 Å². The number of aromatic nitrogens is 3. The van der Waals surface area contributed by atoms with Gasteiger partial charge in [0.15, 0.2) is 5.75 Å². The van der Waals surface area contributed by atoms with Gasteiger partial charge >= 0.3 is 5.97 Å². The number of rotatable bonds is 5. The minimum absolute atomic E-state index is 0.0102. The van der Waals surface area contributed by atoms with Gasteiger partial charge < -0.3 is 9.84 Å². The van der Waals surface area contributed by atoms with E-state index in [2.05, 4.69) is 17.0 Å². The van der Waals surface area contributed by atoms with Crippen LogP contribution in [-0.2, 0) is 6.54 Å². The van der Waals surface area contributed by atoms with Crippen LogP contribution in [0.3, 0.4) is 0 Å². The van der Waals surface area contributed by atoms with Crippen molar-refractivity contribution in [2.45, 2.75) is 19.9 Å². The lowest BCUT2D eigenvalue weighted by atomic mass is 10.3. The summed E-state index contributed by atoms with van der Waals surface area (Å²) in [6.45, 7) is 2.90. The standard InChI is InChI=1S/C12H13N3O3/c1-2-5-15-8-10(7-14-15)18-9-3-4-11(12(16)17)13-6-9/h3-4,6-8H,2,5H2,1H3,(H,16,17). The van der Waals surface area contributed by atoms with Crippen molar-refractivity contribution >= 4 is 5.97 Å². The van der Waals surface area contributed by atoms with Gasteiger partial charge in [0, 0.05) is 6.54 Å². The molecule has 0 fully saturated rings. The molecular weight excluding hydrogens is 234 g/mol. The van der Waals surface area contributed by atoms with Crippen LogP contribution in [0, 0.1) is 0 Å². The second-order valence-corrected chi connectivity index (χ2v) is 3.73. The normalized spacial score (nSPS) is 10.3. The monoisotopic (exact) mass is 247 g/mol. The average Bonchev–Trinajstić information content (AvgIpc) is 2.78. The van der Waals surface area contributed by atoms with Crippen molar-refractivity contribution in [2.24, 2.45) is 0 Å². The molecule has 0 aromatic carbocycles. The van der Waals surface area contributed by atoms with Crippen LogP contribution < -0.4 is 4.74 Å². The molecule has 18 heavy (non-hydrogen) atoms. The Balaban J connectivity index is 2.06. The van der Waals surface area contributed by atoms with Crippen LogP contribution in [0.1, 0.15) is 23.8 Å². The van der Waals surface area contributed by atoms with Gasteiger partial charge in [-0.3, -0.25) is 4.68 Å². The zero-order valence-corrected chi connectivity index (χ0v) is 9.91. The highest BCUT2D eigenvalue weighted by atomic mass is 16.5. The van der Waals surface area contributed by atoms with E-state index >= 15 is 0 Å². The van der Waals surface area contributed by atoms with Crippen LogP contribution in [0.2, 0.25) is 0 Å². The molecule has 2 aromatic rings. The summed E-state index contributed by atoms with van der Waals surface area (Å²) < 4.78 is 7.29. The van der Waals surface area contributed by atoms with Crippen molar-refractivity contribution in [3.05, 3.63) is 36.4 Å². The average molecular weight is 247 g/mol. The molecule has 0 aliphatic carbocycles. The molecule has 94 valence electrons. The molecule has 2 rings (SSSR count). The van der Waals surface area contributed by atoms with E-state index in [1.807, 2.05) is 0 Å². The fourth-order valence-electron chi connectivity index (χ4n) is 1.45. The zero-order valence-electron chi connectivity index (χ0n) is 9.91. The highest BCUT2D eigenvalue weighted by molar-refractivity contribution is 5.85. The summed E-state index contributed by atoms with van der Waals surface area (Å²) in [6, 6.07) is 2.96. The summed E-state index contributed by atoms with van der Waals surface area (Å²) in [6.07, 6.45) is 5.77. The summed E-state index contributed by atoms with van der Waals surface area (Å²) in [5, 5.41) is 12.8. The molecule has 0 spiro atoms. The van der Waals surface area contributed by atoms with Crippen molar-refractivity contribution in [3.63, 3.8) is 0 Å². The highest BCUT2D eigenvalue weighted by Crippen LogP contribution is 2.19.